The van der Waals surface area contributed by atoms with Crippen LogP contribution in [0.3, 0.4) is 0 Å². The van der Waals surface area contributed by atoms with Crippen molar-refractivity contribution >= 4 is 17.5 Å². The summed E-state index contributed by atoms with van der Waals surface area (Å²) in [4.78, 5) is 20.3. The third-order valence-electron chi connectivity index (χ3n) is 3.33. The van der Waals surface area contributed by atoms with E-state index in [0.717, 1.165) is 5.56 Å². The van der Waals surface area contributed by atoms with Crippen molar-refractivity contribution in [1.82, 2.24) is 20.4 Å². The van der Waals surface area contributed by atoms with Crippen molar-refractivity contribution in [2.45, 2.75) is 19.6 Å². The topological polar surface area (TPSA) is 90.1 Å². The van der Waals surface area contributed by atoms with Crippen LogP contribution in [0, 0.1) is 0 Å². The van der Waals surface area contributed by atoms with Crippen molar-refractivity contribution in [2.24, 2.45) is 0 Å². The Kier molecular flexibility index (Phi) is 5.25. The summed E-state index contributed by atoms with van der Waals surface area (Å²) in [5, 5.41) is 7.01. The fraction of sp³-hybridized carbons (Fsp3) is 0.176. The molecule has 0 saturated carbocycles. The Bertz CT molecular complexity index is 854. The van der Waals surface area contributed by atoms with Crippen LogP contribution < -0.4 is 10.1 Å². The summed E-state index contributed by atoms with van der Waals surface area (Å²) in [7, 11) is 0. The van der Waals surface area contributed by atoms with Crippen LogP contribution in [0.5, 0.6) is 5.75 Å². The average Bonchev–Trinajstić information content (AvgIpc) is 3.11. The number of pyridine rings is 1. The molecule has 0 aliphatic heterocycles. The van der Waals surface area contributed by atoms with Gasteiger partial charge in [0.2, 0.25) is 11.7 Å². The average molecular weight is 359 g/mol. The number of carbonyl (C=O) groups excluding carboxylic acids is 1. The maximum absolute atomic E-state index is 12.1. The number of nitrogens with one attached hydrogen (secondary N) is 1. The molecule has 0 aliphatic carbocycles. The lowest BCUT2D eigenvalue weighted by Gasteiger charge is -2.14. The van der Waals surface area contributed by atoms with Gasteiger partial charge in [0.1, 0.15) is 5.75 Å². The number of amides is 1. The third kappa shape index (κ3) is 4.33. The maximum Gasteiger partial charge on any atom is 0.261 e. The molecule has 3 aromatic rings. The molecular weight excluding hydrogens is 344 g/mol. The Labute approximate surface area is 149 Å². The second kappa shape index (κ2) is 7.76. The molecule has 3 rings (SSSR count). The van der Waals surface area contributed by atoms with Crippen LogP contribution in [-0.4, -0.2) is 27.1 Å². The fourth-order valence-corrected chi connectivity index (χ4v) is 2.22. The van der Waals surface area contributed by atoms with Gasteiger partial charge in [-0.05, 0) is 31.2 Å². The second-order valence-corrected chi connectivity index (χ2v) is 5.56. The molecule has 1 unspecified atom stereocenters. The molecule has 7 nitrogen and oxygen atoms in total. The van der Waals surface area contributed by atoms with Gasteiger partial charge < -0.3 is 14.6 Å². The van der Waals surface area contributed by atoms with E-state index in [1.54, 1.807) is 55.7 Å². The number of hydrogen-bond donors (Lipinski definition) is 1. The Morgan fingerprint density at radius 3 is 2.80 bits per heavy atom. The van der Waals surface area contributed by atoms with E-state index in [1.807, 2.05) is 0 Å². The Morgan fingerprint density at radius 1 is 1.28 bits per heavy atom. The van der Waals surface area contributed by atoms with Crippen LogP contribution in [0.4, 0.5) is 0 Å². The molecule has 1 aromatic carbocycles. The molecule has 2 heterocycles. The normalized spacial score (nSPS) is 11.8. The smallest absolute Gasteiger partial charge is 0.261 e. The summed E-state index contributed by atoms with van der Waals surface area (Å²) in [6.07, 6.45) is 2.56. The molecular formula is C17H15ClN4O3. The molecule has 0 fully saturated rings. The number of benzene rings is 1. The highest BCUT2D eigenvalue weighted by Gasteiger charge is 2.17. The van der Waals surface area contributed by atoms with Crippen molar-refractivity contribution < 1.29 is 14.1 Å². The standard InChI is InChI=1S/C17H15ClN4O3/c1-11(24-14-5-3-2-4-13(14)18)17(23)20-10-15-21-16(22-25-15)12-6-8-19-9-7-12/h2-9,11H,10H2,1H3,(H,20,23). The van der Waals surface area contributed by atoms with E-state index in [1.165, 1.54) is 0 Å². The van der Waals surface area contributed by atoms with Crippen molar-refractivity contribution in [3.05, 3.63) is 59.7 Å². The van der Waals surface area contributed by atoms with Gasteiger partial charge in [0.05, 0.1) is 11.6 Å². The van der Waals surface area contributed by atoms with Crippen molar-refractivity contribution in [2.75, 3.05) is 0 Å². The van der Waals surface area contributed by atoms with Gasteiger partial charge in [-0.15, -0.1) is 0 Å². The van der Waals surface area contributed by atoms with Crippen molar-refractivity contribution in [3.8, 4) is 17.1 Å². The summed E-state index contributed by atoms with van der Waals surface area (Å²) >= 11 is 6.01. The molecule has 1 N–H and O–H groups in total. The Balaban J connectivity index is 1.55. The third-order valence-corrected chi connectivity index (χ3v) is 3.64. The van der Waals surface area contributed by atoms with E-state index in [0.29, 0.717) is 22.5 Å². The number of halogens is 1. The molecule has 0 spiro atoms. The number of para-hydroxylation sites is 1. The number of nitrogens with zero attached hydrogens (tertiary/aromatic N) is 3. The van der Waals surface area contributed by atoms with Crippen molar-refractivity contribution in [3.63, 3.8) is 0 Å². The van der Waals surface area contributed by atoms with E-state index in [9.17, 15) is 4.79 Å². The Morgan fingerprint density at radius 2 is 2.04 bits per heavy atom. The summed E-state index contributed by atoms with van der Waals surface area (Å²) in [5.74, 6) is 0.866. The van der Waals surface area contributed by atoms with Crippen LogP contribution in [0.15, 0.2) is 53.3 Å². The molecule has 8 heteroatoms. The first kappa shape index (κ1) is 16.9. The molecule has 0 radical (unpaired) electrons. The Hall–Kier alpha value is -2.93. The highest BCUT2D eigenvalue weighted by molar-refractivity contribution is 6.32. The lowest BCUT2D eigenvalue weighted by atomic mass is 10.2. The van der Waals surface area contributed by atoms with Gasteiger partial charge >= 0.3 is 0 Å². The van der Waals surface area contributed by atoms with Crippen molar-refractivity contribution in [1.29, 1.82) is 0 Å². The minimum atomic E-state index is -0.720. The van der Waals surface area contributed by atoms with E-state index in [4.69, 9.17) is 20.9 Å². The number of ether oxygens (including phenoxy) is 1. The summed E-state index contributed by atoms with van der Waals surface area (Å²) in [6, 6.07) is 10.5. The lowest BCUT2D eigenvalue weighted by molar-refractivity contribution is -0.127. The monoisotopic (exact) mass is 358 g/mol. The second-order valence-electron chi connectivity index (χ2n) is 5.16. The highest BCUT2D eigenvalue weighted by atomic mass is 35.5. The largest absolute Gasteiger partial charge is 0.479 e. The molecule has 0 aliphatic rings. The van der Waals surface area contributed by atoms with Crippen LogP contribution >= 0.6 is 11.6 Å². The van der Waals surface area contributed by atoms with E-state index >= 15 is 0 Å². The minimum Gasteiger partial charge on any atom is -0.479 e. The fourth-order valence-electron chi connectivity index (χ4n) is 2.04. The van der Waals surface area contributed by atoms with E-state index in [2.05, 4.69) is 20.4 Å². The molecule has 128 valence electrons. The van der Waals surface area contributed by atoms with E-state index in [-0.39, 0.29) is 12.5 Å². The highest BCUT2D eigenvalue weighted by Crippen LogP contribution is 2.24. The minimum absolute atomic E-state index is 0.104. The van der Waals surface area contributed by atoms with Gasteiger partial charge in [0.15, 0.2) is 6.10 Å². The zero-order valence-corrected chi connectivity index (χ0v) is 14.1. The first-order valence-corrected chi connectivity index (χ1v) is 7.93. The summed E-state index contributed by atoms with van der Waals surface area (Å²) < 4.78 is 10.7. The van der Waals surface area contributed by atoms with Gasteiger partial charge in [0, 0.05) is 18.0 Å². The first-order chi connectivity index (χ1) is 12.1. The number of aromatic nitrogens is 3. The SMILES string of the molecule is CC(Oc1ccccc1Cl)C(=O)NCc1nc(-c2ccncc2)no1. The number of rotatable bonds is 6. The molecule has 0 bridgehead atoms. The van der Waals surface area contributed by atoms with Crippen LogP contribution in [0.2, 0.25) is 5.02 Å². The van der Waals surface area contributed by atoms with Crippen LogP contribution in [0.25, 0.3) is 11.4 Å². The molecule has 2 aromatic heterocycles. The van der Waals surface area contributed by atoms with Crippen LogP contribution in [0.1, 0.15) is 12.8 Å². The van der Waals surface area contributed by atoms with Gasteiger partial charge in [-0.1, -0.05) is 28.9 Å². The molecule has 0 saturated heterocycles. The lowest BCUT2D eigenvalue weighted by Crippen LogP contribution is -2.36. The molecule has 1 atom stereocenters. The summed E-state index contributed by atoms with van der Waals surface area (Å²) in [6.45, 7) is 1.74. The predicted octanol–water partition coefficient (Wildman–Crippen LogP) is 2.87. The van der Waals surface area contributed by atoms with Gasteiger partial charge in [-0.3, -0.25) is 9.78 Å². The summed E-state index contributed by atoms with van der Waals surface area (Å²) in [5.41, 5.74) is 0.784. The number of carbonyl (C=O) groups is 1. The number of hydrogen-bond acceptors (Lipinski definition) is 6. The van der Waals surface area contributed by atoms with Gasteiger partial charge in [0.25, 0.3) is 5.91 Å². The zero-order valence-electron chi connectivity index (χ0n) is 13.3. The van der Waals surface area contributed by atoms with E-state index < -0.39 is 6.10 Å². The zero-order chi connectivity index (χ0) is 17.6. The predicted molar refractivity (Wildman–Crippen MR) is 90.9 cm³/mol. The first-order valence-electron chi connectivity index (χ1n) is 7.55. The van der Waals surface area contributed by atoms with Gasteiger partial charge in [-0.25, -0.2) is 0 Å². The molecule has 1 amide bonds. The maximum atomic E-state index is 12.1. The molecule has 25 heavy (non-hydrogen) atoms. The van der Waals surface area contributed by atoms with Crippen LogP contribution in [-0.2, 0) is 11.3 Å². The quantitative estimate of drug-likeness (QED) is 0.728. The van der Waals surface area contributed by atoms with Gasteiger partial charge in [-0.2, -0.15) is 4.98 Å².